The normalized spacial score (nSPS) is 9.84. The molecule has 8 rings (SSSR count). The van der Waals surface area contributed by atoms with Crippen molar-refractivity contribution >= 4 is 64.6 Å². The van der Waals surface area contributed by atoms with E-state index in [0.29, 0.717) is 0 Å². The van der Waals surface area contributed by atoms with Crippen molar-refractivity contribution in [3.05, 3.63) is 154 Å². The van der Waals surface area contributed by atoms with Crippen LogP contribution in [0.1, 0.15) is 34.6 Å². The number of rotatable bonds is 0. The van der Waals surface area contributed by atoms with Crippen LogP contribution in [0.3, 0.4) is 0 Å². The number of allylic oxidation sites excluding steroid dienone is 3. The van der Waals surface area contributed by atoms with E-state index in [1.54, 1.807) is 6.92 Å². The Balaban J connectivity index is 0.000000331. The molecule has 0 N–H and O–H groups in total. The number of benzene rings is 8. The van der Waals surface area contributed by atoms with E-state index in [-0.39, 0.29) is 72.8 Å². The molecule has 0 spiro atoms. The third-order valence-corrected chi connectivity index (χ3v) is 7.12. The van der Waals surface area contributed by atoms with Crippen LogP contribution in [0, 0.1) is 14.0 Å². The molecule has 2 heteroatoms. The Morgan fingerprint density at radius 3 is 0.614 bits per heavy atom. The molecule has 0 saturated heterocycles. The fraction of sp³-hybridized carbons (Fsp3) is 0.119. The number of hydrogen-bond donors (Lipinski definition) is 0. The van der Waals surface area contributed by atoms with Crippen molar-refractivity contribution in [1.29, 1.82) is 0 Å². The Labute approximate surface area is 315 Å². The van der Waals surface area contributed by atoms with Gasteiger partial charge in [-0.1, -0.05) is 154 Å². The zero-order valence-electron chi connectivity index (χ0n) is 27.0. The van der Waals surface area contributed by atoms with Gasteiger partial charge in [-0.3, -0.25) is 6.08 Å². The Morgan fingerprint density at radius 1 is 0.364 bits per heavy atom. The van der Waals surface area contributed by atoms with Crippen molar-refractivity contribution in [2.45, 2.75) is 34.6 Å². The molecule has 0 amide bonds. The van der Waals surface area contributed by atoms with Crippen LogP contribution in [0.4, 0.5) is 0 Å². The maximum absolute atomic E-state index is 4.72. The van der Waals surface area contributed by atoms with Gasteiger partial charge in [-0.15, -0.1) is 0 Å². The third kappa shape index (κ3) is 8.61. The summed E-state index contributed by atoms with van der Waals surface area (Å²) < 4.78 is 0. The predicted molar refractivity (Wildman–Crippen MR) is 193 cm³/mol. The van der Waals surface area contributed by atoms with Gasteiger partial charge < -0.3 is 14.0 Å². The minimum atomic E-state index is 0. The van der Waals surface area contributed by atoms with Crippen molar-refractivity contribution in [3.8, 4) is 0 Å². The van der Waals surface area contributed by atoms with E-state index in [2.05, 4.69) is 121 Å². The van der Waals surface area contributed by atoms with Gasteiger partial charge in [0.1, 0.15) is 0 Å². The maximum atomic E-state index is 4.72. The summed E-state index contributed by atoms with van der Waals surface area (Å²) in [6.45, 7) is 14.5. The van der Waals surface area contributed by atoms with Gasteiger partial charge >= 0.3 is 0 Å². The minimum Gasteiger partial charge on any atom is -0.518 e. The van der Waals surface area contributed by atoms with Gasteiger partial charge in [0.2, 0.25) is 0 Å². The van der Waals surface area contributed by atoms with Gasteiger partial charge in [0.15, 0.2) is 0 Å². The fourth-order valence-corrected chi connectivity index (χ4v) is 5.34. The van der Waals surface area contributed by atoms with E-state index in [0.717, 1.165) is 0 Å². The average Bonchev–Trinajstić information content (AvgIpc) is 3.04. The second kappa shape index (κ2) is 19.8. The van der Waals surface area contributed by atoms with E-state index < -0.39 is 0 Å². The van der Waals surface area contributed by atoms with Crippen LogP contribution >= 0.6 is 0 Å². The van der Waals surface area contributed by atoms with Gasteiger partial charge in [0.05, 0.1) is 0 Å². The Bertz CT molecular complexity index is 1610. The minimum absolute atomic E-state index is 0. The van der Waals surface area contributed by atoms with Crippen molar-refractivity contribution in [2.24, 2.45) is 0 Å². The molecule has 8 aromatic rings. The molecule has 8 aromatic carbocycles. The van der Waals surface area contributed by atoms with Gasteiger partial charge in [-0.05, 0) is 78.5 Å². The summed E-state index contributed by atoms with van der Waals surface area (Å²) in [5.41, 5.74) is 0. The van der Waals surface area contributed by atoms with Gasteiger partial charge in [-0.25, -0.2) is 0 Å². The van der Waals surface area contributed by atoms with E-state index in [4.69, 9.17) is 6.58 Å². The topological polar surface area (TPSA) is 0 Å². The molecule has 0 aliphatic carbocycles. The summed E-state index contributed by atoms with van der Waals surface area (Å²) in [5.74, 6) is 0. The van der Waals surface area contributed by atoms with Crippen LogP contribution in [-0.4, -0.2) is 0 Å². The first kappa shape index (κ1) is 39.6. The van der Waals surface area contributed by atoms with Crippen molar-refractivity contribution in [2.75, 3.05) is 0 Å². The van der Waals surface area contributed by atoms with E-state index in [1.807, 2.05) is 39.8 Å². The molecule has 0 atom stereocenters. The van der Waals surface area contributed by atoms with Crippen molar-refractivity contribution in [1.82, 2.24) is 0 Å². The van der Waals surface area contributed by atoms with Crippen molar-refractivity contribution < 1.29 is 65.4 Å². The molecule has 0 aromatic heterocycles. The van der Waals surface area contributed by atoms with Crippen LogP contribution in [0.25, 0.3) is 64.6 Å². The third-order valence-electron chi connectivity index (χ3n) is 7.12. The molecule has 0 saturated carbocycles. The first-order valence-corrected chi connectivity index (χ1v) is 14.5. The molecule has 0 fully saturated rings. The van der Waals surface area contributed by atoms with Gasteiger partial charge in [0, 0.05) is 65.4 Å². The van der Waals surface area contributed by atoms with Crippen LogP contribution in [0.2, 0.25) is 0 Å². The van der Waals surface area contributed by atoms with Crippen LogP contribution in [-0.2, 0) is 65.4 Å². The van der Waals surface area contributed by atoms with E-state index >= 15 is 0 Å². The second-order valence-corrected chi connectivity index (χ2v) is 9.58. The first-order chi connectivity index (χ1) is 20.2. The largest absolute Gasteiger partial charge is 0.518 e. The maximum Gasteiger partial charge on any atom is 0 e. The summed E-state index contributed by atoms with van der Waals surface area (Å²) in [6.07, 6.45) is 5.50. The molecule has 0 bridgehead atoms. The van der Waals surface area contributed by atoms with Crippen LogP contribution in [0.15, 0.2) is 140 Å². The molecule has 2 radical (unpaired) electrons. The first-order valence-electron chi connectivity index (χ1n) is 14.5. The van der Waals surface area contributed by atoms with Crippen LogP contribution < -0.4 is 0 Å². The zero-order valence-corrected chi connectivity index (χ0v) is 32.7. The molecule has 0 aliphatic heterocycles. The second-order valence-electron chi connectivity index (χ2n) is 9.58. The van der Waals surface area contributed by atoms with E-state index in [1.165, 1.54) is 70.7 Å². The monoisotopic (exact) mass is 724 g/mol. The molecular weight excluding hydrogens is 682 g/mol. The fourth-order valence-electron chi connectivity index (χ4n) is 5.34. The smallest absolute Gasteiger partial charge is 0 e. The molecular formula is C42H42Y2-2. The summed E-state index contributed by atoms with van der Waals surface area (Å²) >= 11 is 0. The average molecular weight is 725 g/mol. The quantitative estimate of drug-likeness (QED) is 0.0830. The summed E-state index contributed by atoms with van der Waals surface area (Å²) in [6, 6.07) is 43.7. The van der Waals surface area contributed by atoms with Gasteiger partial charge in [-0.2, -0.15) is 0 Å². The Kier molecular flexibility index (Phi) is 17.8. The summed E-state index contributed by atoms with van der Waals surface area (Å²) in [4.78, 5) is 0. The SMILES string of the molecule is C/C=C/C.CC.[CH-]=CC.[CH3-].[Y].[Y].c1cc2ccc3cccc4ccc(c1)c2c34.c1cc2ccc3cccc4ccc(c1)c2c34. The zero-order chi connectivity index (χ0) is 29.2. The Hall–Kier alpha value is -2.47. The molecule has 218 valence electrons. The predicted octanol–water partition coefficient (Wildman–Crippen LogP) is 13.2. The standard InChI is InChI=1S/2C16H10.C4H8.C3H5.C2H6.CH3.2Y/c2*1-3-11-7-9-13-5-2-6-14-10-8-12(4-1)15(11)16(13)14;1-3-4-2;1-3-2;1-2;;;/h2*1-10H;3-4H,1-2H3;1,3H,2H3;1-2H3;1H3;;/q;;;-1;;-1;;/b;;4-3+;;;;;. The van der Waals surface area contributed by atoms with E-state index in [9.17, 15) is 0 Å². The summed E-state index contributed by atoms with van der Waals surface area (Å²) in [5, 5.41) is 16.3. The number of hydrogen-bond acceptors (Lipinski definition) is 0. The molecule has 44 heavy (non-hydrogen) atoms. The van der Waals surface area contributed by atoms with Crippen molar-refractivity contribution in [3.63, 3.8) is 0 Å². The summed E-state index contributed by atoms with van der Waals surface area (Å²) in [7, 11) is 0. The Morgan fingerprint density at radius 2 is 0.500 bits per heavy atom. The molecule has 0 aliphatic rings. The van der Waals surface area contributed by atoms with Crippen LogP contribution in [0.5, 0.6) is 0 Å². The van der Waals surface area contributed by atoms with Gasteiger partial charge in [0.25, 0.3) is 0 Å². The molecule has 0 nitrogen and oxygen atoms in total. The molecule has 0 heterocycles. The molecule has 0 unspecified atom stereocenters.